The molecule has 0 aliphatic rings. The second-order valence-corrected chi connectivity index (χ2v) is 3.23. The molecule has 0 heterocycles. The van der Waals surface area contributed by atoms with E-state index < -0.39 is 14.7 Å². The van der Waals surface area contributed by atoms with Crippen LogP contribution in [-0.2, 0) is 15.8 Å². The van der Waals surface area contributed by atoms with Crippen LogP contribution in [0.5, 0.6) is 5.75 Å². The molecule has 1 rings (SSSR count). The van der Waals surface area contributed by atoms with Crippen LogP contribution < -0.4 is 4.52 Å². The van der Waals surface area contributed by atoms with E-state index in [2.05, 4.69) is 6.58 Å². The maximum Gasteiger partial charge on any atom is 0.395 e. The lowest BCUT2D eigenvalue weighted by Gasteiger charge is -2.01. The molecule has 1 N–H and O–H groups in total. The highest BCUT2D eigenvalue weighted by atomic mass is 31.1. The maximum atomic E-state index is 10.5. The van der Waals surface area contributed by atoms with Crippen molar-refractivity contribution in [1.29, 1.82) is 0 Å². The second-order valence-electron chi connectivity index (χ2n) is 2.90. The first kappa shape index (κ1) is 11.4. The quantitative estimate of drug-likeness (QED) is 0.616. The molecule has 0 bridgehead atoms. The molecule has 0 atom stereocenters. The van der Waals surface area contributed by atoms with Crippen molar-refractivity contribution in [2.24, 2.45) is 0 Å². The summed E-state index contributed by atoms with van der Waals surface area (Å²) in [6.07, 6.45) is 0.282. The zero-order valence-electron chi connectivity index (χ0n) is 7.84. The van der Waals surface area contributed by atoms with Crippen molar-refractivity contribution in [3.8, 4) is 5.75 Å². The number of hydrogen-bond acceptors (Lipinski definition) is 3. The van der Waals surface area contributed by atoms with Crippen LogP contribution in [0.4, 0.5) is 0 Å². The van der Waals surface area contributed by atoms with Crippen molar-refractivity contribution in [2.45, 2.75) is 6.42 Å². The van der Waals surface area contributed by atoms with Gasteiger partial charge in [-0.2, -0.15) is 0 Å². The summed E-state index contributed by atoms with van der Waals surface area (Å²) in [7, 11) is -0.410. The van der Waals surface area contributed by atoms with Gasteiger partial charge < -0.3 is 9.63 Å². The molecule has 0 unspecified atom stereocenters. The monoisotopic (exact) mass is 224 g/mol. The van der Waals surface area contributed by atoms with Gasteiger partial charge in [-0.3, -0.25) is 0 Å². The minimum atomic E-state index is -1.01. The normalized spacial score (nSPS) is 9.87. The maximum absolute atomic E-state index is 10.5. The Balaban J connectivity index is 2.68. The van der Waals surface area contributed by atoms with Crippen LogP contribution in [0.2, 0.25) is 0 Å². The molecule has 0 aromatic heterocycles. The molecule has 15 heavy (non-hydrogen) atoms. The molecule has 1 aromatic carbocycles. The van der Waals surface area contributed by atoms with Gasteiger partial charge in [0.05, 0.1) is 0 Å². The summed E-state index contributed by atoms with van der Waals surface area (Å²) in [6, 6.07) is 6.65. The third kappa shape index (κ3) is 3.52. The lowest BCUT2D eigenvalue weighted by molar-refractivity contribution is -0.132. The Morgan fingerprint density at radius 1 is 1.40 bits per heavy atom. The molecule has 5 heteroatoms. The lowest BCUT2D eigenvalue weighted by Crippen LogP contribution is -2.01. The molecular formula is C10H9O4P. The molecule has 0 amide bonds. The standard InChI is InChI=1S/C10H9O4P/c1-7(10(11)12)6-8-2-4-9(5-3-8)14-15-13/h2-5H,1,6H2,(H,11,12). The van der Waals surface area contributed by atoms with Gasteiger partial charge in [-0.05, 0) is 17.7 Å². The fraction of sp³-hybridized carbons (Fsp3) is 0.100. The zero-order chi connectivity index (χ0) is 11.3. The Hall–Kier alpha value is -1.67. The fourth-order valence-electron chi connectivity index (χ4n) is 1.03. The van der Waals surface area contributed by atoms with Crippen LogP contribution in [0.3, 0.4) is 0 Å². The van der Waals surface area contributed by atoms with E-state index in [1.807, 2.05) is 0 Å². The van der Waals surface area contributed by atoms with Gasteiger partial charge in [-0.25, -0.2) is 9.36 Å². The van der Waals surface area contributed by atoms with Crippen molar-refractivity contribution in [3.05, 3.63) is 42.0 Å². The number of rotatable bonds is 5. The number of hydrogen-bond donors (Lipinski definition) is 1. The number of carbonyl (C=O) groups is 1. The van der Waals surface area contributed by atoms with Crippen molar-refractivity contribution in [2.75, 3.05) is 0 Å². The van der Waals surface area contributed by atoms with E-state index in [9.17, 15) is 9.36 Å². The molecular weight excluding hydrogens is 215 g/mol. The second kappa shape index (κ2) is 5.27. The molecule has 4 nitrogen and oxygen atoms in total. The molecule has 0 aliphatic carbocycles. The highest BCUT2D eigenvalue weighted by molar-refractivity contribution is 7.17. The summed E-state index contributed by atoms with van der Waals surface area (Å²) in [5.74, 6) is -0.537. The van der Waals surface area contributed by atoms with Crippen LogP contribution in [0, 0.1) is 0 Å². The number of carboxylic acids is 1. The van der Waals surface area contributed by atoms with E-state index in [-0.39, 0.29) is 12.0 Å². The first-order valence-electron chi connectivity index (χ1n) is 4.13. The molecule has 0 saturated heterocycles. The summed E-state index contributed by atoms with van der Waals surface area (Å²) in [4.78, 5) is 10.5. The Morgan fingerprint density at radius 2 is 2.00 bits per heavy atom. The summed E-state index contributed by atoms with van der Waals surface area (Å²) in [5, 5.41) is 8.62. The summed E-state index contributed by atoms with van der Waals surface area (Å²) in [6.45, 7) is 3.43. The van der Waals surface area contributed by atoms with E-state index in [1.54, 1.807) is 24.3 Å². The average molecular weight is 224 g/mol. The first-order valence-corrected chi connectivity index (χ1v) is 4.86. The Kier molecular flexibility index (Phi) is 4.01. The van der Waals surface area contributed by atoms with Gasteiger partial charge in [0.2, 0.25) is 0 Å². The van der Waals surface area contributed by atoms with Gasteiger partial charge in [-0.15, -0.1) is 0 Å². The topological polar surface area (TPSA) is 63.6 Å². The number of aliphatic carboxylic acids is 1. The zero-order valence-corrected chi connectivity index (χ0v) is 8.74. The summed E-state index contributed by atoms with van der Waals surface area (Å²) >= 11 is 0. The minimum Gasteiger partial charge on any atom is -0.478 e. The molecule has 0 saturated carbocycles. The van der Waals surface area contributed by atoms with Crippen LogP contribution in [0.1, 0.15) is 5.56 Å². The van der Waals surface area contributed by atoms with Crippen LogP contribution in [0.15, 0.2) is 36.4 Å². The predicted octanol–water partition coefficient (Wildman–Crippen LogP) is 2.46. The third-order valence-electron chi connectivity index (χ3n) is 1.79. The van der Waals surface area contributed by atoms with Crippen molar-refractivity contribution < 1.29 is 19.0 Å². The van der Waals surface area contributed by atoms with Crippen LogP contribution in [-0.4, -0.2) is 11.1 Å². The highest BCUT2D eigenvalue weighted by Gasteiger charge is 2.05. The molecule has 0 radical (unpaired) electrons. The van der Waals surface area contributed by atoms with Crippen LogP contribution >= 0.6 is 8.69 Å². The first-order chi connectivity index (χ1) is 7.13. The Morgan fingerprint density at radius 3 is 2.47 bits per heavy atom. The van der Waals surface area contributed by atoms with Crippen molar-refractivity contribution in [1.82, 2.24) is 0 Å². The van der Waals surface area contributed by atoms with Gasteiger partial charge in [0.25, 0.3) is 0 Å². The summed E-state index contributed by atoms with van der Waals surface area (Å²) < 4.78 is 14.8. The van der Waals surface area contributed by atoms with Gasteiger partial charge in [-0.1, -0.05) is 18.7 Å². The molecule has 0 aliphatic heterocycles. The van der Waals surface area contributed by atoms with Gasteiger partial charge in [0.15, 0.2) is 0 Å². The van der Waals surface area contributed by atoms with Crippen LogP contribution in [0.25, 0.3) is 0 Å². The Labute approximate surface area is 88.5 Å². The molecule has 78 valence electrons. The number of benzene rings is 1. The average Bonchev–Trinajstić information content (AvgIpc) is 2.21. The van der Waals surface area contributed by atoms with Gasteiger partial charge >= 0.3 is 14.7 Å². The predicted molar refractivity (Wildman–Crippen MR) is 55.2 cm³/mol. The SMILES string of the molecule is C=C(Cc1ccc(OP=O)cc1)C(=O)O. The fourth-order valence-corrected chi connectivity index (χ4v) is 1.24. The molecule has 0 spiro atoms. The largest absolute Gasteiger partial charge is 0.478 e. The third-order valence-corrected chi connectivity index (χ3v) is 2.07. The molecule has 1 aromatic rings. The van der Waals surface area contributed by atoms with E-state index in [0.717, 1.165) is 5.56 Å². The smallest absolute Gasteiger partial charge is 0.395 e. The van der Waals surface area contributed by atoms with Gasteiger partial charge in [0, 0.05) is 12.0 Å². The minimum absolute atomic E-state index is 0.130. The van der Waals surface area contributed by atoms with E-state index >= 15 is 0 Å². The lowest BCUT2D eigenvalue weighted by atomic mass is 10.1. The van der Waals surface area contributed by atoms with E-state index in [0.29, 0.717) is 5.75 Å². The van der Waals surface area contributed by atoms with Crippen molar-refractivity contribution >= 4 is 14.7 Å². The Bertz CT molecular complexity index is 383. The summed E-state index contributed by atoms with van der Waals surface area (Å²) in [5.41, 5.74) is 0.947. The van der Waals surface area contributed by atoms with E-state index in [4.69, 9.17) is 9.63 Å². The highest BCUT2D eigenvalue weighted by Crippen LogP contribution is 2.17. The van der Waals surface area contributed by atoms with E-state index in [1.165, 1.54) is 0 Å². The van der Waals surface area contributed by atoms with Gasteiger partial charge in [0.1, 0.15) is 5.75 Å². The van der Waals surface area contributed by atoms with Crippen molar-refractivity contribution in [3.63, 3.8) is 0 Å². The number of carboxylic acid groups (broad SMARTS) is 1. The molecule has 0 fully saturated rings.